The average molecular weight is 371 g/mol. The number of amides is 1. The maximum Gasteiger partial charge on any atom is 0.272 e. The Labute approximate surface area is 163 Å². The highest BCUT2D eigenvalue weighted by molar-refractivity contribution is 6.06. The number of aromatic hydroxyl groups is 1. The topological polar surface area (TPSA) is 74.6 Å². The minimum Gasteiger partial charge on any atom is -0.507 e. The lowest BCUT2D eigenvalue weighted by Gasteiger charge is -2.08. The molecule has 1 saturated carbocycles. The highest BCUT2D eigenvalue weighted by Crippen LogP contribution is 2.40. The highest BCUT2D eigenvalue weighted by Gasteiger charge is 2.26. The molecule has 0 atom stereocenters. The van der Waals surface area contributed by atoms with Gasteiger partial charge in [0.2, 0.25) is 0 Å². The fourth-order valence-corrected chi connectivity index (χ4v) is 3.23. The Kier molecular flexibility index (Phi) is 4.89. The number of hydrogen-bond donors (Lipinski definition) is 2. The van der Waals surface area contributed by atoms with Crippen molar-refractivity contribution in [2.75, 3.05) is 0 Å². The van der Waals surface area contributed by atoms with Crippen molar-refractivity contribution >= 4 is 23.0 Å². The van der Waals surface area contributed by atoms with Gasteiger partial charge in [0.05, 0.1) is 17.3 Å². The average Bonchev–Trinajstić information content (AvgIpc) is 3.55. The van der Waals surface area contributed by atoms with Crippen molar-refractivity contribution in [2.24, 2.45) is 5.10 Å². The molecule has 1 aliphatic rings. The van der Waals surface area contributed by atoms with E-state index < -0.39 is 0 Å². The molecule has 1 heterocycles. The zero-order valence-electron chi connectivity index (χ0n) is 15.4. The molecule has 2 N–H and O–H groups in total. The van der Waals surface area contributed by atoms with Crippen LogP contribution in [0, 0.1) is 0 Å². The third-order valence-corrected chi connectivity index (χ3v) is 4.86. The number of para-hydroxylation sites is 2. The van der Waals surface area contributed by atoms with E-state index in [0.717, 1.165) is 35.0 Å². The number of phenolic OH excluding ortho intramolecular Hbond substituents is 1. The van der Waals surface area contributed by atoms with Crippen LogP contribution >= 0.6 is 0 Å². The minimum absolute atomic E-state index is 0.144. The van der Waals surface area contributed by atoms with Crippen molar-refractivity contribution in [1.29, 1.82) is 0 Å². The second-order valence-corrected chi connectivity index (χ2v) is 6.93. The molecule has 1 aromatic heterocycles. The van der Waals surface area contributed by atoms with Gasteiger partial charge < -0.3 is 5.11 Å². The summed E-state index contributed by atoms with van der Waals surface area (Å²) in [7, 11) is 0. The number of rotatable bonds is 6. The predicted octanol–water partition coefficient (Wildman–Crippen LogP) is 4.31. The SMILES string of the molecule is C=CCc1cccc(/C=N\NC(=O)c2cc(C3CC3)nc3ccccc23)c1O. The summed E-state index contributed by atoms with van der Waals surface area (Å²) in [5.41, 5.74) is 6.22. The van der Waals surface area contributed by atoms with Gasteiger partial charge in [0, 0.05) is 22.6 Å². The summed E-state index contributed by atoms with van der Waals surface area (Å²) in [6.45, 7) is 3.69. The number of pyridine rings is 1. The first-order chi connectivity index (χ1) is 13.7. The van der Waals surface area contributed by atoms with Crippen molar-refractivity contribution in [2.45, 2.75) is 25.2 Å². The fraction of sp³-hybridized carbons (Fsp3) is 0.174. The van der Waals surface area contributed by atoms with Gasteiger partial charge in [0.25, 0.3) is 5.91 Å². The summed E-state index contributed by atoms with van der Waals surface area (Å²) in [6.07, 6.45) is 5.97. The van der Waals surface area contributed by atoms with Crippen LogP contribution in [0.25, 0.3) is 10.9 Å². The van der Waals surface area contributed by atoms with Crippen LogP contribution in [-0.4, -0.2) is 22.2 Å². The molecule has 3 aromatic rings. The maximum absolute atomic E-state index is 12.8. The highest BCUT2D eigenvalue weighted by atomic mass is 16.3. The first kappa shape index (κ1) is 17.9. The molecule has 2 aromatic carbocycles. The summed E-state index contributed by atoms with van der Waals surface area (Å²) in [4.78, 5) is 17.5. The van der Waals surface area contributed by atoms with Gasteiger partial charge in [0.15, 0.2) is 0 Å². The van der Waals surface area contributed by atoms with Crippen LogP contribution in [0.1, 0.15) is 45.9 Å². The van der Waals surface area contributed by atoms with E-state index >= 15 is 0 Å². The standard InChI is InChI=1S/C23H21N3O2/c1-2-6-16-7-5-8-17(22(16)27)14-24-26-23(28)19-13-21(15-11-12-15)25-20-10-4-3-9-18(19)20/h2-5,7-10,13-15,27H,1,6,11-12H2,(H,26,28)/b24-14-. The zero-order valence-corrected chi connectivity index (χ0v) is 15.4. The van der Waals surface area contributed by atoms with E-state index in [9.17, 15) is 9.90 Å². The van der Waals surface area contributed by atoms with E-state index in [2.05, 4.69) is 22.1 Å². The normalized spacial score (nSPS) is 13.7. The van der Waals surface area contributed by atoms with Crippen molar-refractivity contribution in [1.82, 2.24) is 10.4 Å². The quantitative estimate of drug-likeness (QED) is 0.385. The number of hydrogen-bond acceptors (Lipinski definition) is 4. The largest absolute Gasteiger partial charge is 0.507 e. The molecule has 5 nitrogen and oxygen atoms in total. The number of carbonyl (C=O) groups excluding carboxylic acids is 1. The molecule has 1 aliphatic carbocycles. The summed E-state index contributed by atoms with van der Waals surface area (Å²) >= 11 is 0. The Morgan fingerprint density at radius 1 is 1.25 bits per heavy atom. The third kappa shape index (κ3) is 3.64. The Morgan fingerprint density at radius 2 is 2.07 bits per heavy atom. The van der Waals surface area contributed by atoms with E-state index in [1.54, 1.807) is 12.1 Å². The molecular weight excluding hydrogens is 350 g/mol. The van der Waals surface area contributed by atoms with Gasteiger partial charge >= 0.3 is 0 Å². The smallest absolute Gasteiger partial charge is 0.272 e. The van der Waals surface area contributed by atoms with Crippen LogP contribution in [0.2, 0.25) is 0 Å². The van der Waals surface area contributed by atoms with Crippen molar-refractivity contribution in [3.63, 3.8) is 0 Å². The molecule has 0 spiro atoms. The first-order valence-electron chi connectivity index (χ1n) is 9.32. The van der Waals surface area contributed by atoms with Crippen molar-refractivity contribution in [3.8, 4) is 5.75 Å². The molecule has 0 aliphatic heterocycles. The lowest BCUT2D eigenvalue weighted by Crippen LogP contribution is -2.18. The van der Waals surface area contributed by atoms with E-state index in [4.69, 9.17) is 0 Å². The molecule has 5 heteroatoms. The molecule has 0 saturated heterocycles. The number of phenols is 1. The summed E-state index contributed by atoms with van der Waals surface area (Å²) < 4.78 is 0. The van der Waals surface area contributed by atoms with Crippen molar-refractivity contribution in [3.05, 3.63) is 83.6 Å². The Balaban J connectivity index is 1.58. The number of allylic oxidation sites excluding steroid dienone is 1. The fourth-order valence-electron chi connectivity index (χ4n) is 3.23. The van der Waals surface area contributed by atoms with Crippen LogP contribution in [0.5, 0.6) is 5.75 Å². The minimum atomic E-state index is -0.293. The molecule has 4 rings (SSSR count). The van der Waals surface area contributed by atoms with Crippen molar-refractivity contribution < 1.29 is 9.90 Å². The van der Waals surface area contributed by atoms with Crippen LogP contribution in [0.4, 0.5) is 0 Å². The molecule has 0 unspecified atom stereocenters. The monoisotopic (exact) mass is 371 g/mol. The first-order valence-corrected chi connectivity index (χ1v) is 9.32. The van der Waals surface area contributed by atoms with Gasteiger partial charge in [0.1, 0.15) is 5.75 Å². The van der Waals surface area contributed by atoms with E-state index in [1.807, 2.05) is 42.5 Å². The van der Waals surface area contributed by atoms with Gasteiger partial charge in [-0.25, -0.2) is 5.43 Å². The number of fused-ring (bicyclic) bond motifs is 1. The summed E-state index contributed by atoms with van der Waals surface area (Å²) in [6, 6.07) is 14.9. The second-order valence-electron chi connectivity index (χ2n) is 6.93. The number of hydrazone groups is 1. The lowest BCUT2D eigenvalue weighted by molar-refractivity contribution is 0.0956. The van der Waals surface area contributed by atoms with Crippen LogP contribution in [0.3, 0.4) is 0 Å². The Bertz CT molecular complexity index is 1080. The lowest BCUT2D eigenvalue weighted by atomic mass is 10.1. The molecular formula is C23H21N3O2. The van der Waals surface area contributed by atoms with Crippen LogP contribution in [-0.2, 0) is 6.42 Å². The Morgan fingerprint density at radius 3 is 2.86 bits per heavy atom. The van der Waals surface area contributed by atoms with E-state index in [0.29, 0.717) is 23.5 Å². The second kappa shape index (κ2) is 7.64. The van der Waals surface area contributed by atoms with E-state index in [-0.39, 0.29) is 11.7 Å². The van der Waals surface area contributed by atoms with Gasteiger partial charge in [-0.1, -0.05) is 36.4 Å². The summed E-state index contributed by atoms with van der Waals surface area (Å²) in [5.74, 6) is 0.300. The zero-order chi connectivity index (χ0) is 19.5. The maximum atomic E-state index is 12.8. The molecule has 28 heavy (non-hydrogen) atoms. The number of aromatic nitrogens is 1. The van der Waals surface area contributed by atoms with Gasteiger partial charge in [-0.3, -0.25) is 9.78 Å². The molecule has 140 valence electrons. The number of nitrogens with one attached hydrogen (secondary N) is 1. The van der Waals surface area contributed by atoms with E-state index in [1.165, 1.54) is 6.21 Å². The summed E-state index contributed by atoms with van der Waals surface area (Å²) in [5, 5.41) is 15.1. The number of nitrogens with zero attached hydrogens (tertiary/aromatic N) is 2. The third-order valence-electron chi connectivity index (χ3n) is 4.86. The molecule has 0 bridgehead atoms. The molecule has 1 amide bonds. The van der Waals surface area contributed by atoms with Gasteiger partial charge in [-0.05, 0) is 43.0 Å². The predicted molar refractivity (Wildman–Crippen MR) is 111 cm³/mol. The number of carbonyl (C=O) groups is 1. The molecule has 1 fully saturated rings. The van der Waals surface area contributed by atoms with Gasteiger partial charge in [-0.2, -0.15) is 5.10 Å². The van der Waals surface area contributed by atoms with Crippen LogP contribution < -0.4 is 5.43 Å². The van der Waals surface area contributed by atoms with Gasteiger partial charge in [-0.15, -0.1) is 6.58 Å². The Hall–Kier alpha value is -3.47. The van der Waals surface area contributed by atoms with Crippen LogP contribution in [0.15, 0.2) is 66.3 Å². The number of benzene rings is 2. The molecule has 0 radical (unpaired) electrons.